The summed E-state index contributed by atoms with van der Waals surface area (Å²) in [5.41, 5.74) is 0.327. The van der Waals surface area contributed by atoms with E-state index in [0.717, 1.165) is 11.5 Å². The maximum absolute atomic E-state index is 11.5. The standard InChI is InChI=1S/C7H11N3O2S/c1-5(11)3-10(2)7(12)6-4-13-9-8-6/h4-5,11H,3H2,1-2H3. The molecule has 1 heterocycles. The molecule has 0 saturated heterocycles. The number of likely N-dealkylation sites (N-methyl/N-ethyl adjacent to an activating group) is 1. The van der Waals surface area contributed by atoms with Crippen LogP contribution in [0, 0.1) is 0 Å². The Morgan fingerprint density at radius 3 is 3.00 bits per heavy atom. The van der Waals surface area contributed by atoms with Gasteiger partial charge in [-0.1, -0.05) is 4.49 Å². The minimum Gasteiger partial charge on any atom is -0.392 e. The van der Waals surface area contributed by atoms with Gasteiger partial charge in [0, 0.05) is 19.0 Å². The van der Waals surface area contributed by atoms with E-state index in [9.17, 15) is 4.79 Å². The van der Waals surface area contributed by atoms with E-state index in [4.69, 9.17) is 5.11 Å². The lowest BCUT2D eigenvalue weighted by atomic mass is 10.3. The van der Waals surface area contributed by atoms with E-state index in [0.29, 0.717) is 12.2 Å². The Labute approximate surface area is 80.2 Å². The van der Waals surface area contributed by atoms with Crippen LogP contribution in [0.15, 0.2) is 5.38 Å². The lowest BCUT2D eigenvalue weighted by Gasteiger charge is -2.16. The molecular weight excluding hydrogens is 190 g/mol. The van der Waals surface area contributed by atoms with Crippen LogP contribution in [0.5, 0.6) is 0 Å². The molecule has 6 heteroatoms. The number of nitrogens with zero attached hydrogens (tertiary/aromatic N) is 3. The van der Waals surface area contributed by atoms with Gasteiger partial charge in [0.05, 0.1) is 6.10 Å². The van der Waals surface area contributed by atoms with E-state index >= 15 is 0 Å². The van der Waals surface area contributed by atoms with E-state index in [2.05, 4.69) is 9.59 Å². The number of carbonyl (C=O) groups is 1. The zero-order valence-corrected chi connectivity index (χ0v) is 8.28. The molecular formula is C7H11N3O2S. The van der Waals surface area contributed by atoms with Gasteiger partial charge in [0.2, 0.25) is 0 Å². The third-order valence-corrected chi connectivity index (χ3v) is 1.97. The van der Waals surface area contributed by atoms with Crippen molar-refractivity contribution in [3.63, 3.8) is 0 Å². The number of hydrogen-bond acceptors (Lipinski definition) is 5. The smallest absolute Gasteiger partial charge is 0.275 e. The molecule has 0 radical (unpaired) electrons. The molecule has 0 aliphatic carbocycles. The molecule has 0 fully saturated rings. The van der Waals surface area contributed by atoms with Crippen LogP contribution in [0.2, 0.25) is 0 Å². The lowest BCUT2D eigenvalue weighted by molar-refractivity contribution is 0.0698. The topological polar surface area (TPSA) is 66.3 Å². The molecule has 1 aromatic heterocycles. The van der Waals surface area contributed by atoms with Gasteiger partial charge in [-0.05, 0) is 18.5 Å². The molecule has 5 nitrogen and oxygen atoms in total. The van der Waals surface area contributed by atoms with E-state index in [1.807, 2.05) is 0 Å². The number of hydrogen-bond donors (Lipinski definition) is 1. The third kappa shape index (κ3) is 2.74. The monoisotopic (exact) mass is 201 g/mol. The molecule has 1 unspecified atom stereocenters. The second kappa shape index (κ2) is 4.29. The second-order valence-electron chi connectivity index (χ2n) is 2.82. The molecule has 0 aromatic carbocycles. The minimum atomic E-state index is -0.527. The zero-order valence-electron chi connectivity index (χ0n) is 7.47. The molecule has 1 rings (SSSR count). The predicted octanol–water partition coefficient (Wildman–Crippen LogP) is -0.00910. The number of aliphatic hydroxyl groups excluding tert-OH is 1. The predicted molar refractivity (Wildman–Crippen MR) is 48.6 cm³/mol. The van der Waals surface area contributed by atoms with Crippen molar-refractivity contribution in [3.05, 3.63) is 11.1 Å². The van der Waals surface area contributed by atoms with Gasteiger partial charge in [-0.15, -0.1) is 5.10 Å². The summed E-state index contributed by atoms with van der Waals surface area (Å²) in [6, 6.07) is 0. The summed E-state index contributed by atoms with van der Waals surface area (Å²) in [7, 11) is 1.62. The van der Waals surface area contributed by atoms with Crippen LogP contribution in [-0.4, -0.2) is 45.2 Å². The van der Waals surface area contributed by atoms with Crippen molar-refractivity contribution in [2.75, 3.05) is 13.6 Å². The highest BCUT2D eigenvalue weighted by molar-refractivity contribution is 7.03. The fraction of sp³-hybridized carbons (Fsp3) is 0.571. The average Bonchev–Trinajstić information content (AvgIpc) is 2.53. The SMILES string of the molecule is CC(O)CN(C)C(=O)c1csnn1. The van der Waals surface area contributed by atoms with Crippen LogP contribution in [0.3, 0.4) is 0 Å². The highest BCUT2D eigenvalue weighted by atomic mass is 32.1. The minimum absolute atomic E-state index is 0.213. The average molecular weight is 201 g/mol. The lowest BCUT2D eigenvalue weighted by Crippen LogP contribution is -2.33. The first-order valence-corrected chi connectivity index (χ1v) is 4.65. The summed E-state index contributed by atoms with van der Waals surface area (Å²) in [4.78, 5) is 12.9. The number of rotatable bonds is 3. The van der Waals surface area contributed by atoms with Crippen LogP contribution >= 0.6 is 11.5 Å². The largest absolute Gasteiger partial charge is 0.392 e. The van der Waals surface area contributed by atoms with Crippen molar-refractivity contribution in [1.29, 1.82) is 0 Å². The van der Waals surface area contributed by atoms with Gasteiger partial charge in [-0.25, -0.2) is 0 Å². The normalized spacial score (nSPS) is 12.5. The Morgan fingerprint density at radius 1 is 1.85 bits per heavy atom. The van der Waals surface area contributed by atoms with Crippen LogP contribution in [0.4, 0.5) is 0 Å². The molecule has 0 spiro atoms. The molecule has 13 heavy (non-hydrogen) atoms. The van der Waals surface area contributed by atoms with E-state index < -0.39 is 6.10 Å². The summed E-state index contributed by atoms with van der Waals surface area (Å²) >= 11 is 1.13. The summed E-state index contributed by atoms with van der Waals surface area (Å²) < 4.78 is 3.59. The summed E-state index contributed by atoms with van der Waals surface area (Å²) in [5.74, 6) is -0.213. The van der Waals surface area contributed by atoms with Crippen LogP contribution in [-0.2, 0) is 0 Å². The molecule has 1 atom stereocenters. The van der Waals surface area contributed by atoms with Crippen molar-refractivity contribution in [3.8, 4) is 0 Å². The molecule has 1 amide bonds. The first kappa shape index (κ1) is 10.1. The molecule has 72 valence electrons. The van der Waals surface area contributed by atoms with Crippen LogP contribution in [0.25, 0.3) is 0 Å². The van der Waals surface area contributed by atoms with Crippen molar-refractivity contribution >= 4 is 17.4 Å². The first-order valence-electron chi connectivity index (χ1n) is 3.82. The Balaban J connectivity index is 2.58. The second-order valence-corrected chi connectivity index (χ2v) is 3.43. The van der Waals surface area contributed by atoms with E-state index in [1.54, 1.807) is 19.4 Å². The first-order chi connectivity index (χ1) is 6.11. The Bertz CT molecular complexity index is 273. The van der Waals surface area contributed by atoms with Gasteiger partial charge < -0.3 is 10.0 Å². The third-order valence-electron chi connectivity index (χ3n) is 1.46. The highest BCUT2D eigenvalue weighted by Crippen LogP contribution is 2.01. The van der Waals surface area contributed by atoms with E-state index in [1.165, 1.54) is 4.90 Å². The molecule has 0 aliphatic heterocycles. The Kier molecular flexibility index (Phi) is 3.32. The molecule has 1 N–H and O–H groups in total. The fourth-order valence-electron chi connectivity index (χ4n) is 0.933. The molecule has 0 saturated carbocycles. The van der Waals surface area contributed by atoms with Crippen molar-refractivity contribution < 1.29 is 9.90 Å². The maximum atomic E-state index is 11.5. The summed E-state index contributed by atoms with van der Waals surface area (Å²) in [6.45, 7) is 1.93. The van der Waals surface area contributed by atoms with Crippen LogP contribution < -0.4 is 0 Å². The van der Waals surface area contributed by atoms with Gasteiger partial charge in [-0.3, -0.25) is 4.79 Å². The van der Waals surface area contributed by atoms with Crippen molar-refractivity contribution in [1.82, 2.24) is 14.5 Å². The summed E-state index contributed by atoms with van der Waals surface area (Å²) in [5, 5.41) is 14.3. The van der Waals surface area contributed by atoms with Crippen LogP contribution in [0.1, 0.15) is 17.4 Å². The number of amides is 1. The van der Waals surface area contributed by atoms with Gasteiger partial charge in [-0.2, -0.15) is 0 Å². The van der Waals surface area contributed by atoms with E-state index in [-0.39, 0.29) is 5.91 Å². The Hall–Kier alpha value is -1.01. The highest BCUT2D eigenvalue weighted by Gasteiger charge is 2.15. The van der Waals surface area contributed by atoms with Crippen molar-refractivity contribution in [2.45, 2.75) is 13.0 Å². The fourth-order valence-corrected chi connectivity index (χ4v) is 1.36. The zero-order chi connectivity index (χ0) is 9.84. The van der Waals surface area contributed by atoms with Gasteiger partial charge in [0.15, 0.2) is 5.69 Å². The maximum Gasteiger partial charge on any atom is 0.275 e. The quantitative estimate of drug-likeness (QED) is 0.747. The van der Waals surface area contributed by atoms with Gasteiger partial charge in [0.1, 0.15) is 0 Å². The molecule has 1 aromatic rings. The summed E-state index contributed by atoms with van der Waals surface area (Å²) in [6.07, 6.45) is -0.527. The van der Waals surface area contributed by atoms with Gasteiger partial charge in [0.25, 0.3) is 5.91 Å². The number of aromatic nitrogens is 2. The number of aliphatic hydroxyl groups is 1. The van der Waals surface area contributed by atoms with Gasteiger partial charge >= 0.3 is 0 Å². The molecule has 0 aliphatic rings. The number of carbonyl (C=O) groups excluding carboxylic acids is 1. The molecule has 0 bridgehead atoms. The Morgan fingerprint density at radius 2 is 2.54 bits per heavy atom. The van der Waals surface area contributed by atoms with Crippen molar-refractivity contribution in [2.24, 2.45) is 0 Å².